The number of halogens is 1. The summed E-state index contributed by atoms with van der Waals surface area (Å²) in [6.45, 7) is 4.36. The zero-order valence-electron chi connectivity index (χ0n) is 13.4. The molecule has 4 rings (SSSR count). The second-order valence-corrected chi connectivity index (χ2v) is 7.25. The highest BCUT2D eigenvalue weighted by Crippen LogP contribution is 2.37. The number of carbonyl (C=O) groups excluding carboxylic acids is 1. The Morgan fingerprint density at radius 1 is 1.29 bits per heavy atom. The lowest BCUT2D eigenvalue weighted by Crippen LogP contribution is -2.19. The number of aromatic nitrogens is 1. The zero-order valence-corrected chi connectivity index (χ0v) is 14.9. The number of hydrogen-bond donors (Lipinski definition) is 2. The first-order valence-corrected chi connectivity index (χ1v) is 8.50. The van der Waals surface area contributed by atoms with Crippen molar-refractivity contribution in [2.75, 3.05) is 6.61 Å². The summed E-state index contributed by atoms with van der Waals surface area (Å²) >= 11 is 3.52. The topological polar surface area (TPSA) is 77.3 Å². The molecule has 1 amide bonds. The van der Waals surface area contributed by atoms with Crippen LogP contribution < -0.4 is 5.73 Å². The monoisotopic (exact) mass is 388 g/mol. The summed E-state index contributed by atoms with van der Waals surface area (Å²) in [5, 5.41) is 1.98. The minimum Gasteiger partial charge on any atom is -0.366 e. The van der Waals surface area contributed by atoms with Crippen molar-refractivity contribution >= 4 is 43.6 Å². The second kappa shape index (κ2) is 5.31. The van der Waals surface area contributed by atoms with E-state index >= 15 is 0 Å². The van der Waals surface area contributed by atoms with Gasteiger partial charge in [0.05, 0.1) is 12.2 Å². The van der Waals surface area contributed by atoms with Crippen LogP contribution in [-0.2, 0) is 9.47 Å². The number of H-pyrrole nitrogens is 1. The number of fused-ring (bicyclic) bond motifs is 3. The summed E-state index contributed by atoms with van der Waals surface area (Å²) in [6, 6.07) is 9.74. The molecule has 3 aromatic rings. The highest BCUT2D eigenvalue weighted by molar-refractivity contribution is 9.10. The molecule has 0 aliphatic carbocycles. The van der Waals surface area contributed by atoms with Gasteiger partial charge in [-0.25, -0.2) is 0 Å². The van der Waals surface area contributed by atoms with E-state index in [0.29, 0.717) is 16.6 Å². The second-order valence-electron chi connectivity index (χ2n) is 6.46. The lowest BCUT2D eigenvalue weighted by molar-refractivity contribution is -0.139. The van der Waals surface area contributed by atoms with Crippen molar-refractivity contribution in [3.63, 3.8) is 0 Å². The van der Waals surface area contributed by atoms with E-state index in [1.165, 1.54) is 0 Å². The molecule has 1 aromatic heterocycles. The normalized spacial score (nSPS) is 20.0. The van der Waals surface area contributed by atoms with E-state index in [-0.39, 0.29) is 6.10 Å². The van der Waals surface area contributed by atoms with Crippen LogP contribution in [0.15, 0.2) is 34.8 Å². The SMILES string of the molecule is CC1(C)OCC(c2ccc3c(c2)[nH]c2ccc(C(N)=O)c(Br)c23)O1. The summed E-state index contributed by atoms with van der Waals surface area (Å²) in [5.41, 5.74) is 8.91. The molecule has 1 aliphatic rings. The Labute approximate surface area is 147 Å². The fourth-order valence-electron chi connectivity index (χ4n) is 3.21. The van der Waals surface area contributed by atoms with Crippen LogP contribution in [0.5, 0.6) is 0 Å². The summed E-state index contributed by atoms with van der Waals surface area (Å²) < 4.78 is 12.3. The van der Waals surface area contributed by atoms with Gasteiger partial charge >= 0.3 is 0 Å². The molecule has 2 aromatic carbocycles. The molecule has 0 bridgehead atoms. The fourth-order valence-corrected chi connectivity index (χ4v) is 3.97. The number of rotatable bonds is 2. The van der Waals surface area contributed by atoms with Crippen molar-refractivity contribution in [1.29, 1.82) is 0 Å². The van der Waals surface area contributed by atoms with Gasteiger partial charge in [0.2, 0.25) is 5.91 Å². The van der Waals surface area contributed by atoms with Crippen molar-refractivity contribution in [3.8, 4) is 0 Å². The maximum Gasteiger partial charge on any atom is 0.249 e. The number of aromatic amines is 1. The smallest absolute Gasteiger partial charge is 0.249 e. The minimum atomic E-state index is -0.556. The number of nitrogens with two attached hydrogens (primary N) is 1. The van der Waals surface area contributed by atoms with Gasteiger partial charge in [0.25, 0.3) is 0 Å². The average molecular weight is 389 g/mol. The van der Waals surface area contributed by atoms with Crippen LogP contribution in [-0.4, -0.2) is 23.3 Å². The highest BCUT2D eigenvalue weighted by atomic mass is 79.9. The van der Waals surface area contributed by atoms with Crippen molar-refractivity contribution in [2.45, 2.75) is 25.7 Å². The highest BCUT2D eigenvalue weighted by Gasteiger charge is 2.33. The van der Waals surface area contributed by atoms with Crippen LogP contribution >= 0.6 is 15.9 Å². The van der Waals surface area contributed by atoms with Crippen LogP contribution in [0.25, 0.3) is 21.8 Å². The number of hydrogen-bond acceptors (Lipinski definition) is 3. The molecule has 1 unspecified atom stereocenters. The Kier molecular flexibility index (Phi) is 3.46. The molecule has 5 nitrogen and oxygen atoms in total. The lowest BCUT2D eigenvalue weighted by Gasteiger charge is -2.17. The lowest BCUT2D eigenvalue weighted by atomic mass is 10.1. The van der Waals surface area contributed by atoms with Gasteiger partial charge in [-0.05, 0) is 53.5 Å². The molecule has 1 aliphatic heterocycles. The van der Waals surface area contributed by atoms with Gasteiger partial charge in [-0.1, -0.05) is 12.1 Å². The van der Waals surface area contributed by atoms with E-state index < -0.39 is 11.7 Å². The van der Waals surface area contributed by atoms with Gasteiger partial charge < -0.3 is 20.2 Å². The molecule has 0 saturated carbocycles. The van der Waals surface area contributed by atoms with Gasteiger partial charge in [0, 0.05) is 26.3 Å². The third-order valence-corrected chi connectivity index (χ3v) is 5.19. The standard InChI is InChI=1S/C18H17BrN2O3/c1-18(2)23-8-14(24-18)9-3-4-10-13(7-9)21-12-6-5-11(17(20)22)16(19)15(10)12/h3-7,14,21H,8H2,1-2H3,(H2,20,22). The van der Waals surface area contributed by atoms with Gasteiger partial charge in [-0.2, -0.15) is 0 Å². The minimum absolute atomic E-state index is 0.0829. The first kappa shape index (κ1) is 15.6. The predicted molar refractivity (Wildman–Crippen MR) is 95.9 cm³/mol. The average Bonchev–Trinajstić information content (AvgIpc) is 3.06. The molecule has 2 heterocycles. The van der Waals surface area contributed by atoms with E-state index in [2.05, 4.69) is 27.0 Å². The van der Waals surface area contributed by atoms with Gasteiger partial charge in [-0.15, -0.1) is 0 Å². The fraction of sp³-hybridized carbons (Fsp3) is 0.278. The van der Waals surface area contributed by atoms with Gasteiger partial charge in [0.1, 0.15) is 6.10 Å². The first-order chi connectivity index (χ1) is 11.4. The maximum atomic E-state index is 11.6. The van der Waals surface area contributed by atoms with Gasteiger partial charge in [0.15, 0.2) is 5.79 Å². The molecule has 124 valence electrons. The molecule has 1 saturated heterocycles. The van der Waals surface area contributed by atoms with E-state index in [1.807, 2.05) is 32.0 Å². The molecular weight excluding hydrogens is 372 g/mol. The predicted octanol–water partition coefficient (Wildman–Crippen LogP) is 4.01. The maximum absolute atomic E-state index is 11.6. The summed E-state index contributed by atoms with van der Waals surface area (Å²) in [5.74, 6) is -1.01. The van der Waals surface area contributed by atoms with Crippen LogP contribution in [0.1, 0.15) is 35.9 Å². The molecule has 6 heteroatoms. The number of primary amides is 1. The zero-order chi connectivity index (χ0) is 17.1. The third-order valence-electron chi connectivity index (χ3n) is 4.37. The van der Waals surface area contributed by atoms with Crippen molar-refractivity contribution < 1.29 is 14.3 Å². The largest absolute Gasteiger partial charge is 0.366 e. The summed E-state index contributed by atoms with van der Waals surface area (Å²) in [7, 11) is 0. The van der Waals surface area contributed by atoms with Crippen molar-refractivity contribution in [1.82, 2.24) is 4.98 Å². The third kappa shape index (κ3) is 2.42. The Hall–Kier alpha value is -1.89. The van der Waals surface area contributed by atoms with Gasteiger partial charge in [-0.3, -0.25) is 4.79 Å². The van der Waals surface area contributed by atoms with E-state index in [0.717, 1.165) is 27.4 Å². The molecule has 1 fully saturated rings. The molecule has 24 heavy (non-hydrogen) atoms. The molecule has 3 N–H and O–H groups in total. The number of amides is 1. The Bertz CT molecular complexity index is 977. The van der Waals surface area contributed by atoms with Crippen LogP contribution in [0, 0.1) is 0 Å². The number of benzene rings is 2. The molecule has 0 spiro atoms. The Morgan fingerprint density at radius 3 is 2.75 bits per heavy atom. The number of ether oxygens (including phenoxy) is 2. The van der Waals surface area contributed by atoms with Crippen molar-refractivity contribution in [3.05, 3.63) is 45.9 Å². The summed E-state index contributed by atoms with van der Waals surface area (Å²) in [4.78, 5) is 15.0. The Balaban J connectivity index is 1.86. The summed E-state index contributed by atoms with van der Waals surface area (Å²) in [6.07, 6.45) is -0.0829. The van der Waals surface area contributed by atoms with Crippen LogP contribution in [0.4, 0.5) is 0 Å². The number of carbonyl (C=O) groups is 1. The molecule has 1 atom stereocenters. The van der Waals surface area contributed by atoms with Crippen LogP contribution in [0.2, 0.25) is 0 Å². The Morgan fingerprint density at radius 2 is 2.08 bits per heavy atom. The number of nitrogens with one attached hydrogen (secondary N) is 1. The van der Waals surface area contributed by atoms with Crippen molar-refractivity contribution in [2.24, 2.45) is 5.73 Å². The molecule has 0 radical (unpaired) electrons. The first-order valence-electron chi connectivity index (χ1n) is 7.71. The quantitative estimate of drug-likeness (QED) is 0.696. The van der Waals surface area contributed by atoms with E-state index in [4.69, 9.17) is 15.2 Å². The van der Waals surface area contributed by atoms with E-state index in [9.17, 15) is 4.79 Å². The van der Waals surface area contributed by atoms with E-state index in [1.54, 1.807) is 6.07 Å². The molecular formula is C18H17BrN2O3. The van der Waals surface area contributed by atoms with Crippen LogP contribution in [0.3, 0.4) is 0 Å².